The average Bonchev–Trinajstić information content (AvgIpc) is 3.47. The van der Waals surface area contributed by atoms with E-state index in [1.807, 2.05) is 0 Å². The summed E-state index contributed by atoms with van der Waals surface area (Å²) in [5, 5.41) is 0. The maximum atomic E-state index is 2.41. The van der Waals surface area contributed by atoms with E-state index in [2.05, 4.69) is 14.1 Å². The first-order valence-electron chi connectivity index (χ1n) is 11.3. The van der Waals surface area contributed by atoms with Crippen molar-refractivity contribution in [2.45, 2.75) is 89.9 Å². The third-order valence-electron chi connectivity index (χ3n) is 6.62. The van der Waals surface area contributed by atoms with E-state index in [1.165, 1.54) is 138 Å². The van der Waals surface area contributed by atoms with Crippen molar-refractivity contribution in [1.82, 2.24) is 0 Å². The third-order valence-corrected chi connectivity index (χ3v) is 6.62. The molecule has 2 fully saturated rings. The van der Waals surface area contributed by atoms with Gasteiger partial charge in [0.25, 0.3) is 0 Å². The fourth-order valence-corrected chi connectivity index (χ4v) is 3.90. The highest BCUT2D eigenvalue weighted by Gasteiger charge is 2.36. The molecule has 0 radical (unpaired) electrons. The zero-order valence-corrected chi connectivity index (χ0v) is 19.3. The first-order chi connectivity index (χ1) is 11.6. The molecule has 4 heteroatoms. The minimum atomic E-state index is 0. The summed E-state index contributed by atoms with van der Waals surface area (Å²) in [5.41, 5.74) is 0. The van der Waals surface area contributed by atoms with Gasteiger partial charge in [0.2, 0.25) is 0 Å². The van der Waals surface area contributed by atoms with Crippen LogP contribution in [0.25, 0.3) is 0 Å². The van der Waals surface area contributed by atoms with Gasteiger partial charge in [0.15, 0.2) is 0 Å². The molecule has 2 heterocycles. The van der Waals surface area contributed by atoms with Gasteiger partial charge in [-0.1, -0.05) is 64.2 Å². The van der Waals surface area contributed by atoms with Gasteiger partial charge in [-0.05, 0) is 25.7 Å². The lowest BCUT2D eigenvalue weighted by molar-refractivity contribution is -0.777. The topological polar surface area (TPSA) is 0 Å². The molecule has 158 valence electrons. The number of nitrogens with zero attached hydrogens (tertiary/aromatic N) is 2. The normalized spacial score (nSPS) is 18.7. The molecule has 0 N–H and O–H groups in total. The van der Waals surface area contributed by atoms with Gasteiger partial charge in [-0.3, -0.25) is 0 Å². The molecule has 0 aromatic rings. The molecule has 0 saturated carbocycles. The predicted octanol–water partition coefficient (Wildman–Crippen LogP) is -0.624. The van der Waals surface area contributed by atoms with Gasteiger partial charge >= 0.3 is 0 Å². The third kappa shape index (κ3) is 13.6. The quantitative estimate of drug-likeness (QED) is 0.171. The Morgan fingerprint density at radius 2 is 0.577 bits per heavy atom. The smallest absolute Gasteiger partial charge is 0.128 e. The molecule has 26 heavy (non-hydrogen) atoms. The van der Waals surface area contributed by atoms with E-state index in [0.717, 1.165) is 0 Å². The predicted molar refractivity (Wildman–Crippen MR) is 106 cm³/mol. The van der Waals surface area contributed by atoms with Gasteiger partial charge in [0.05, 0.1) is 27.2 Å². The molecule has 0 amide bonds. The molecule has 0 atom stereocenters. The van der Waals surface area contributed by atoms with Gasteiger partial charge in [-0.2, -0.15) is 0 Å². The summed E-state index contributed by atoms with van der Waals surface area (Å²) in [6, 6.07) is 0. The molecular formula is C22H46Cl2N2. The van der Waals surface area contributed by atoms with Crippen LogP contribution in [0, 0.1) is 0 Å². The van der Waals surface area contributed by atoms with E-state index < -0.39 is 0 Å². The highest BCUT2D eigenvalue weighted by Crippen LogP contribution is 2.20. The van der Waals surface area contributed by atoms with Crippen LogP contribution in [-0.2, 0) is 0 Å². The van der Waals surface area contributed by atoms with Crippen LogP contribution >= 0.6 is 0 Å². The molecule has 0 aromatic heterocycles. The highest BCUT2D eigenvalue weighted by molar-refractivity contribution is 4.55. The molecule has 2 saturated heterocycles. The second-order valence-corrected chi connectivity index (χ2v) is 9.53. The Morgan fingerprint density at radius 1 is 0.385 bits per heavy atom. The fourth-order valence-electron chi connectivity index (χ4n) is 3.90. The maximum Gasteiger partial charge on any atom is 0.128 e. The zero-order valence-electron chi connectivity index (χ0n) is 17.8. The van der Waals surface area contributed by atoms with Crippen LogP contribution < -0.4 is 24.8 Å². The second kappa shape index (κ2) is 14.5. The summed E-state index contributed by atoms with van der Waals surface area (Å²) in [7, 11) is 4.82. The lowest BCUT2D eigenvalue weighted by Crippen LogP contribution is -3.00. The van der Waals surface area contributed by atoms with Crippen LogP contribution in [-0.4, -0.2) is 62.3 Å². The van der Waals surface area contributed by atoms with E-state index in [0.29, 0.717) is 0 Å². The van der Waals surface area contributed by atoms with Crippen molar-refractivity contribution in [2.75, 3.05) is 53.4 Å². The summed E-state index contributed by atoms with van der Waals surface area (Å²) in [6.07, 6.45) is 20.8. The van der Waals surface area contributed by atoms with Crippen molar-refractivity contribution in [3.05, 3.63) is 0 Å². The van der Waals surface area contributed by atoms with Crippen molar-refractivity contribution in [3.8, 4) is 0 Å². The zero-order chi connectivity index (χ0) is 17.1. The number of hydrogen-bond acceptors (Lipinski definition) is 0. The van der Waals surface area contributed by atoms with Gasteiger partial charge in [-0.15, -0.1) is 0 Å². The number of hydrogen-bond donors (Lipinski definition) is 0. The van der Waals surface area contributed by atoms with Crippen LogP contribution in [0.3, 0.4) is 0 Å². The average molecular weight is 410 g/mol. The molecule has 0 bridgehead atoms. The molecule has 2 aliphatic heterocycles. The first-order valence-corrected chi connectivity index (χ1v) is 11.3. The number of quaternary nitrogens is 2. The van der Waals surface area contributed by atoms with Crippen molar-refractivity contribution in [1.29, 1.82) is 0 Å². The summed E-state index contributed by atoms with van der Waals surface area (Å²) in [5.74, 6) is 0. The largest absolute Gasteiger partial charge is 1.00 e. The summed E-state index contributed by atoms with van der Waals surface area (Å²) < 4.78 is 2.75. The van der Waals surface area contributed by atoms with Gasteiger partial charge in [0.1, 0.15) is 26.2 Å². The Labute approximate surface area is 177 Å². The Hall–Kier alpha value is 0.500. The Bertz CT molecular complexity index is 296. The first kappa shape index (κ1) is 26.5. The molecule has 2 nitrogen and oxygen atoms in total. The second-order valence-electron chi connectivity index (χ2n) is 9.53. The van der Waals surface area contributed by atoms with Gasteiger partial charge in [-0.25, -0.2) is 0 Å². The van der Waals surface area contributed by atoms with Crippen molar-refractivity contribution < 1.29 is 33.8 Å². The van der Waals surface area contributed by atoms with Crippen LogP contribution in [0.5, 0.6) is 0 Å². The number of halogens is 2. The van der Waals surface area contributed by atoms with Crippen LogP contribution in [0.15, 0.2) is 0 Å². The Balaban J connectivity index is 0.00000312. The number of rotatable bonds is 17. The molecular weight excluding hydrogens is 363 g/mol. The molecule has 0 aliphatic carbocycles. The van der Waals surface area contributed by atoms with Crippen LogP contribution in [0.1, 0.15) is 89.9 Å². The van der Waals surface area contributed by atoms with Crippen LogP contribution in [0.2, 0.25) is 0 Å². The van der Waals surface area contributed by atoms with Crippen molar-refractivity contribution in [2.24, 2.45) is 0 Å². The Kier molecular flexibility index (Phi) is 14.8. The van der Waals surface area contributed by atoms with E-state index in [4.69, 9.17) is 0 Å². The lowest BCUT2D eigenvalue weighted by Gasteiger charge is -2.10. The Morgan fingerprint density at radius 3 is 0.769 bits per heavy atom. The van der Waals surface area contributed by atoms with E-state index in [-0.39, 0.29) is 24.8 Å². The van der Waals surface area contributed by atoms with Gasteiger partial charge < -0.3 is 33.8 Å². The van der Waals surface area contributed by atoms with E-state index in [1.54, 1.807) is 0 Å². The summed E-state index contributed by atoms with van der Waals surface area (Å²) in [6.45, 7) is 8.66. The summed E-state index contributed by atoms with van der Waals surface area (Å²) in [4.78, 5) is 0. The molecule has 0 aromatic carbocycles. The molecule has 2 rings (SSSR count). The van der Waals surface area contributed by atoms with Crippen LogP contribution in [0.4, 0.5) is 0 Å². The minimum Gasteiger partial charge on any atom is -1.00 e. The highest BCUT2D eigenvalue weighted by atomic mass is 35.5. The van der Waals surface area contributed by atoms with E-state index in [9.17, 15) is 0 Å². The van der Waals surface area contributed by atoms with E-state index >= 15 is 0 Å². The van der Waals surface area contributed by atoms with Crippen molar-refractivity contribution in [3.63, 3.8) is 0 Å². The number of likely N-dealkylation sites (N-methyl/N-ethyl adjacent to an activating group) is 2. The lowest BCUT2D eigenvalue weighted by atomic mass is 10.0. The SMILES string of the molecule is C[N+]1(CCCCCCCCCCCCCCCC[N+]2(C)CC2)CC1.[Cl-].[Cl-]. The van der Waals surface area contributed by atoms with Crippen molar-refractivity contribution >= 4 is 0 Å². The maximum absolute atomic E-state index is 2.41. The van der Waals surface area contributed by atoms with Gasteiger partial charge in [0, 0.05) is 0 Å². The number of unbranched alkanes of at least 4 members (excludes halogenated alkanes) is 13. The summed E-state index contributed by atoms with van der Waals surface area (Å²) >= 11 is 0. The monoisotopic (exact) mass is 408 g/mol. The molecule has 0 spiro atoms. The molecule has 0 unspecified atom stereocenters. The molecule has 2 aliphatic rings. The standard InChI is InChI=1S/C22H46N2.2ClH/c1-23(19-20-23)17-15-13-11-9-7-5-3-4-6-8-10-12-14-16-18-24(2)21-22-24;;/h3-22H2,1-2H3;2*1H/q+2;;/p-2. The fraction of sp³-hybridized carbons (Fsp3) is 1.00. The minimum absolute atomic E-state index is 0.